The molecule has 0 aliphatic heterocycles. The van der Waals surface area contributed by atoms with E-state index in [0.717, 1.165) is 6.08 Å². The molecule has 6 heavy (non-hydrogen) atoms. The number of hydrogen-bond acceptors (Lipinski definition) is 1. The van der Waals surface area contributed by atoms with E-state index >= 15 is 0 Å². The van der Waals surface area contributed by atoms with Gasteiger partial charge in [0.05, 0.1) is 6.92 Å². The van der Waals surface area contributed by atoms with E-state index < -0.39 is 5.78 Å². The average Bonchev–Trinajstić information content (AvgIpc) is 1.38. The van der Waals surface area contributed by atoms with E-state index in [1.165, 1.54) is 0 Å². The Bertz CT molecular complexity index is 58.6. The number of carbonyl (C=O) groups excluding carboxylic acids is 1. The molecule has 0 spiro atoms. The Kier molecular flexibility index (Phi) is 8.02. The second kappa shape index (κ2) is 5.10. The predicted octanol–water partition coefficient (Wildman–Crippen LogP) is 0.327. The van der Waals surface area contributed by atoms with Crippen molar-refractivity contribution in [1.29, 1.82) is 0 Å². The maximum Gasteiger partial charge on any atom is 0.164 e. The van der Waals surface area contributed by atoms with Gasteiger partial charge >= 0.3 is 0 Å². The van der Waals surface area contributed by atoms with Crippen LogP contribution in [0.4, 0.5) is 0 Å². The van der Waals surface area contributed by atoms with Crippen molar-refractivity contribution in [3.63, 3.8) is 0 Å². The van der Waals surface area contributed by atoms with Crippen LogP contribution in [0, 0.1) is 6.92 Å². The van der Waals surface area contributed by atoms with Gasteiger partial charge in [-0.3, -0.25) is 4.79 Å². The van der Waals surface area contributed by atoms with Crippen LogP contribution in [-0.2, 0) is 25.9 Å². The van der Waals surface area contributed by atoms with E-state index in [9.17, 15) is 4.79 Å². The summed E-state index contributed by atoms with van der Waals surface area (Å²) in [6.07, 6.45) is 0.944. The molecule has 0 rings (SSSR count). The monoisotopic (exact) mass is 251 g/mol. The van der Waals surface area contributed by atoms with Crippen LogP contribution in [0.3, 0.4) is 0 Å². The van der Waals surface area contributed by atoms with Crippen molar-refractivity contribution in [3.8, 4) is 0 Å². The summed E-state index contributed by atoms with van der Waals surface area (Å²) in [6.45, 7) is 9.09. The first kappa shape index (κ1) is 9.44. The van der Waals surface area contributed by atoms with Gasteiger partial charge in [-0.1, -0.05) is 6.58 Å². The van der Waals surface area contributed by atoms with Gasteiger partial charge in [-0.15, -0.1) is 0 Å². The molecule has 0 aromatic carbocycles. The molecule has 0 saturated heterocycles. The third kappa shape index (κ3) is 8.94. The van der Waals surface area contributed by atoms with Gasteiger partial charge in [0, 0.05) is 21.1 Å². The summed E-state index contributed by atoms with van der Waals surface area (Å²) in [5, 5.41) is 0. The second-order valence-corrected chi connectivity index (χ2v) is 0.568. The van der Waals surface area contributed by atoms with Crippen LogP contribution < -0.4 is 0 Å². The molecule has 0 aromatic heterocycles. The van der Waals surface area contributed by atoms with Crippen molar-refractivity contribution in [3.05, 3.63) is 19.6 Å². The van der Waals surface area contributed by atoms with Gasteiger partial charge < -0.3 is 0 Å². The fourth-order valence-electron chi connectivity index (χ4n) is 0. The summed E-state index contributed by atoms with van der Waals surface area (Å²) in [4.78, 5) is 9.36. The Hall–Kier alpha value is 0.0983. The zero-order valence-corrected chi connectivity index (χ0v) is 6.03. The number of allylic oxidation sites excluding steroid dienone is 1. The number of ketones is 1. The predicted molar refractivity (Wildman–Crippen MR) is 18.4 cm³/mol. The molecule has 0 aromatic rings. The van der Waals surface area contributed by atoms with Gasteiger partial charge in [-0.05, 0) is 6.08 Å². The topological polar surface area (TPSA) is 17.1 Å². The molecule has 2 heteroatoms. The number of rotatable bonds is 1. The summed E-state index contributed by atoms with van der Waals surface area (Å²) >= 11 is 0. The van der Waals surface area contributed by atoms with Crippen molar-refractivity contribution in [2.24, 2.45) is 0 Å². The van der Waals surface area contributed by atoms with Crippen LogP contribution in [0.15, 0.2) is 12.7 Å². The molecule has 0 unspecified atom stereocenters. The van der Waals surface area contributed by atoms with E-state index in [2.05, 4.69) is 6.58 Å². The van der Waals surface area contributed by atoms with Gasteiger partial charge in [0.1, 0.15) is 0 Å². The molecule has 0 amide bonds. The molecular weight excluding hydrogens is 248 g/mol. The Balaban J connectivity index is 0. The second-order valence-electron chi connectivity index (χ2n) is 0.568. The first-order valence-corrected chi connectivity index (χ1v) is 1.15. The molecule has 0 aliphatic carbocycles. The number of carbonyl (C=O) groups is 1. The van der Waals surface area contributed by atoms with Crippen LogP contribution in [0.25, 0.3) is 0 Å². The van der Waals surface area contributed by atoms with Gasteiger partial charge in [0.2, 0.25) is 0 Å². The maximum atomic E-state index is 9.36. The van der Waals surface area contributed by atoms with Gasteiger partial charge in [0.25, 0.3) is 0 Å². The molecule has 0 aliphatic rings. The normalized spacial score (nSPS) is 5.50. The summed E-state index contributed by atoms with van der Waals surface area (Å²) in [5.74, 6) is -0.731. The van der Waals surface area contributed by atoms with Crippen molar-refractivity contribution < 1.29 is 25.9 Å². The molecule has 0 saturated carbocycles. The van der Waals surface area contributed by atoms with Crippen molar-refractivity contribution in [2.75, 3.05) is 0 Å². The molecule has 3 radical (unpaired) electrons. The van der Waals surface area contributed by atoms with Crippen LogP contribution >= 0.6 is 0 Å². The van der Waals surface area contributed by atoms with E-state index in [1.54, 1.807) is 0 Å². The first-order valence-electron chi connectivity index (χ1n) is 1.15. The largest absolute Gasteiger partial charge is 0.294 e. The molecule has 0 bridgehead atoms. The SMILES string of the molecule is [C]C(=O)C=C.[W]. The van der Waals surface area contributed by atoms with Crippen molar-refractivity contribution >= 4 is 5.78 Å². The van der Waals surface area contributed by atoms with Crippen molar-refractivity contribution in [2.45, 2.75) is 0 Å². The summed E-state index contributed by atoms with van der Waals surface area (Å²) in [6, 6.07) is 0. The molecule has 0 heterocycles. The quantitative estimate of drug-likeness (QED) is 0.613. The third-order valence-corrected chi connectivity index (χ3v) is 0.185. The molecule has 0 fully saturated rings. The van der Waals surface area contributed by atoms with Gasteiger partial charge in [0.15, 0.2) is 5.78 Å². The smallest absolute Gasteiger partial charge is 0.164 e. The Morgan fingerprint density at radius 3 is 2.00 bits per heavy atom. The fourth-order valence-corrected chi connectivity index (χ4v) is 0. The minimum atomic E-state index is -0.731. The van der Waals surface area contributed by atoms with E-state index in [0.29, 0.717) is 0 Å². The van der Waals surface area contributed by atoms with Crippen LogP contribution in [0.1, 0.15) is 0 Å². The maximum absolute atomic E-state index is 9.36. The third-order valence-electron chi connectivity index (χ3n) is 0.185. The van der Waals surface area contributed by atoms with Crippen molar-refractivity contribution in [1.82, 2.24) is 0 Å². The molecule has 0 atom stereocenters. The van der Waals surface area contributed by atoms with Crippen LogP contribution in [-0.4, -0.2) is 5.78 Å². The van der Waals surface area contributed by atoms with Crippen LogP contribution in [0.5, 0.6) is 0 Å². The standard InChI is InChI=1S/C4H3O.W/c1-3-4(2)5;/h3H,1H2;. The molecule has 0 N–H and O–H groups in total. The van der Waals surface area contributed by atoms with E-state index in [1.807, 2.05) is 0 Å². The zero-order chi connectivity index (χ0) is 4.28. The summed E-state index contributed by atoms with van der Waals surface area (Å²) in [5.41, 5.74) is 0. The minimum Gasteiger partial charge on any atom is -0.294 e. The zero-order valence-electron chi connectivity index (χ0n) is 3.10. The Morgan fingerprint density at radius 1 is 1.83 bits per heavy atom. The summed E-state index contributed by atoms with van der Waals surface area (Å²) in [7, 11) is 0. The molecule has 1 nitrogen and oxygen atoms in total. The Labute approximate surface area is 51.7 Å². The van der Waals surface area contributed by atoms with Gasteiger partial charge in [-0.25, -0.2) is 0 Å². The van der Waals surface area contributed by atoms with E-state index in [4.69, 9.17) is 6.92 Å². The Morgan fingerprint density at radius 2 is 2.00 bits per heavy atom. The van der Waals surface area contributed by atoms with Gasteiger partial charge in [-0.2, -0.15) is 0 Å². The van der Waals surface area contributed by atoms with E-state index in [-0.39, 0.29) is 21.1 Å². The average molecular weight is 251 g/mol. The molecule has 31 valence electrons. The van der Waals surface area contributed by atoms with Crippen LogP contribution in [0.2, 0.25) is 0 Å². The first-order chi connectivity index (χ1) is 2.27. The number of hydrogen-bond donors (Lipinski definition) is 0. The fraction of sp³-hybridized carbons (Fsp3) is 0. The minimum absolute atomic E-state index is 0. The summed E-state index contributed by atoms with van der Waals surface area (Å²) < 4.78 is 0. The molecular formula is C4H3OW.